The number of benzene rings is 1. The Morgan fingerprint density at radius 3 is 2.46 bits per heavy atom. The minimum atomic E-state index is -0.847. The summed E-state index contributed by atoms with van der Waals surface area (Å²) < 4.78 is 2.67. The monoisotopic (exact) mass is 381 g/mol. The molecule has 0 saturated carbocycles. The van der Waals surface area contributed by atoms with Gasteiger partial charge in [-0.05, 0) is 13.3 Å². The summed E-state index contributed by atoms with van der Waals surface area (Å²) >= 11 is 0. The fourth-order valence-electron chi connectivity index (χ4n) is 3.22. The van der Waals surface area contributed by atoms with Crippen molar-refractivity contribution in [1.82, 2.24) is 19.6 Å². The van der Waals surface area contributed by atoms with Crippen LogP contribution in [-0.2, 0) is 7.05 Å². The van der Waals surface area contributed by atoms with Crippen molar-refractivity contribution in [3.63, 3.8) is 0 Å². The third-order valence-electron chi connectivity index (χ3n) is 4.76. The van der Waals surface area contributed by atoms with Crippen molar-refractivity contribution in [2.45, 2.75) is 26.2 Å². The van der Waals surface area contributed by atoms with Gasteiger partial charge in [-0.1, -0.05) is 36.8 Å². The number of carbonyl (C=O) groups excluding carboxylic acids is 1. The maximum absolute atomic E-state index is 13.1. The van der Waals surface area contributed by atoms with Gasteiger partial charge in [0.05, 0.1) is 24.7 Å². The summed E-state index contributed by atoms with van der Waals surface area (Å²) in [5.74, 6) is -1.29. The molecule has 0 fully saturated rings. The number of rotatable bonds is 6. The molecule has 3 aromatic rings. The molecule has 2 aromatic heterocycles. The second-order valence-corrected chi connectivity index (χ2v) is 6.74. The Morgan fingerprint density at radius 2 is 1.96 bits per heavy atom. The Hall–Kier alpha value is -3.26. The van der Waals surface area contributed by atoms with E-state index in [0.29, 0.717) is 23.4 Å². The van der Waals surface area contributed by atoms with Gasteiger partial charge in [-0.2, -0.15) is 14.9 Å². The topological polar surface area (TPSA) is 116 Å². The van der Waals surface area contributed by atoms with E-state index in [2.05, 4.69) is 10.2 Å². The van der Waals surface area contributed by atoms with E-state index in [4.69, 9.17) is 5.73 Å². The molecule has 146 valence electrons. The van der Waals surface area contributed by atoms with Crippen LogP contribution in [0.1, 0.15) is 40.7 Å². The van der Waals surface area contributed by atoms with Gasteiger partial charge in [0.15, 0.2) is 0 Å². The van der Waals surface area contributed by atoms with E-state index in [1.165, 1.54) is 10.9 Å². The van der Waals surface area contributed by atoms with E-state index < -0.39 is 17.4 Å². The average molecular weight is 381 g/mol. The Kier molecular flexibility index (Phi) is 5.41. The number of aliphatic hydroxyl groups is 1. The van der Waals surface area contributed by atoms with Crippen molar-refractivity contribution in [3.8, 4) is 16.9 Å². The van der Waals surface area contributed by atoms with Gasteiger partial charge in [0.25, 0.3) is 11.5 Å². The van der Waals surface area contributed by atoms with E-state index in [9.17, 15) is 14.7 Å². The number of nitrogens with zero attached hydrogens (tertiary/aromatic N) is 4. The lowest BCUT2D eigenvalue weighted by atomic mass is 9.89. The number of amides is 1. The van der Waals surface area contributed by atoms with Gasteiger partial charge in [-0.25, -0.2) is 0 Å². The van der Waals surface area contributed by atoms with E-state index in [1.54, 1.807) is 13.2 Å². The smallest absolute Gasteiger partial charge is 0.284 e. The summed E-state index contributed by atoms with van der Waals surface area (Å²) in [6, 6.07) is 7.58. The lowest BCUT2D eigenvalue weighted by Gasteiger charge is -2.20. The van der Waals surface area contributed by atoms with Crippen molar-refractivity contribution in [2.24, 2.45) is 12.8 Å². The van der Waals surface area contributed by atoms with Crippen LogP contribution in [0.4, 0.5) is 0 Å². The van der Waals surface area contributed by atoms with Crippen LogP contribution in [0.3, 0.4) is 0 Å². The molecule has 2 heterocycles. The molecule has 0 bridgehead atoms. The van der Waals surface area contributed by atoms with Crippen molar-refractivity contribution >= 4 is 5.91 Å². The third-order valence-corrected chi connectivity index (χ3v) is 4.76. The highest BCUT2D eigenvalue weighted by molar-refractivity contribution is 5.96. The van der Waals surface area contributed by atoms with Crippen LogP contribution >= 0.6 is 0 Å². The molecule has 3 rings (SSSR count). The van der Waals surface area contributed by atoms with Gasteiger partial charge in [0, 0.05) is 24.1 Å². The van der Waals surface area contributed by atoms with Crippen LogP contribution in [0.25, 0.3) is 16.9 Å². The van der Waals surface area contributed by atoms with E-state index in [-0.39, 0.29) is 12.2 Å². The Morgan fingerprint density at radius 1 is 1.29 bits per heavy atom. The molecule has 8 nitrogen and oxygen atoms in total. The Balaban J connectivity index is 2.42. The molecule has 1 unspecified atom stereocenters. The molecule has 0 aliphatic heterocycles. The van der Waals surface area contributed by atoms with Crippen molar-refractivity contribution in [3.05, 3.63) is 63.7 Å². The molecule has 8 heteroatoms. The molecule has 1 amide bonds. The molecule has 28 heavy (non-hydrogen) atoms. The predicted molar refractivity (Wildman–Crippen MR) is 105 cm³/mol. The summed E-state index contributed by atoms with van der Waals surface area (Å²) in [7, 11) is 1.72. The molecule has 0 saturated heterocycles. The van der Waals surface area contributed by atoms with Crippen LogP contribution < -0.4 is 11.3 Å². The zero-order chi connectivity index (χ0) is 20.4. The van der Waals surface area contributed by atoms with Gasteiger partial charge in [-0.15, -0.1) is 0 Å². The van der Waals surface area contributed by atoms with Crippen LogP contribution in [-0.4, -0.2) is 37.2 Å². The van der Waals surface area contributed by atoms with Crippen molar-refractivity contribution in [1.29, 1.82) is 0 Å². The van der Waals surface area contributed by atoms with Gasteiger partial charge in [-0.3, -0.25) is 14.3 Å². The first kappa shape index (κ1) is 19.5. The normalized spacial score (nSPS) is 12.1. The first-order valence-electron chi connectivity index (χ1n) is 9.01. The van der Waals surface area contributed by atoms with E-state index in [0.717, 1.165) is 15.8 Å². The number of carbonyl (C=O) groups is 1. The molecule has 3 N–H and O–H groups in total. The van der Waals surface area contributed by atoms with Gasteiger partial charge in [0.2, 0.25) is 0 Å². The number of primary amides is 1. The van der Waals surface area contributed by atoms with Gasteiger partial charge < -0.3 is 10.8 Å². The molecular weight excluding hydrogens is 358 g/mol. The lowest BCUT2D eigenvalue weighted by molar-refractivity contribution is 0.0996. The fraction of sp³-hybridized carbons (Fsp3) is 0.300. The highest BCUT2D eigenvalue weighted by Crippen LogP contribution is 2.31. The quantitative estimate of drug-likeness (QED) is 0.672. The van der Waals surface area contributed by atoms with Gasteiger partial charge in [0.1, 0.15) is 11.3 Å². The summed E-state index contributed by atoms with van der Waals surface area (Å²) in [4.78, 5) is 25.4. The number of nitrogens with two attached hydrogens (primary N) is 1. The zero-order valence-corrected chi connectivity index (χ0v) is 16.1. The highest BCUT2D eigenvalue weighted by atomic mass is 16.3. The fourth-order valence-corrected chi connectivity index (χ4v) is 3.22. The standard InChI is InChI=1S/C20H23N5O3/c1-4-13(11-26)16-17(19(21)27)20(28)25(15-9-22-24(3)10-15)23-18(16)14-7-5-12(2)6-8-14/h5-10,13,26H,4,11H2,1-3H3,(H2,21,27). The Labute approximate surface area is 162 Å². The lowest BCUT2D eigenvalue weighted by Crippen LogP contribution is -2.34. The largest absolute Gasteiger partial charge is 0.396 e. The molecule has 0 radical (unpaired) electrons. The van der Waals surface area contributed by atoms with E-state index >= 15 is 0 Å². The first-order valence-corrected chi connectivity index (χ1v) is 9.01. The van der Waals surface area contributed by atoms with Crippen LogP contribution in [0.15, 0.2) is 41.5 Å². The second kappa shape index (κ2) is 7.77. The minimum Gasteiger partial charge on any atom is -0.396 e. The highest BCUT2D eigenvalue weighted by Gasteiger charge is 2.27. The first-order chi connectivity index (χ1) is 13.4. The maximum Gasteiger partial charge on any atom is 0.284 e. The number of aryl methyl sites for hydroxylation is 2. The summed E-state index contributed by atoms with van der Waals surface area (Å²) in [5.41, 5.74) is 7.86. The molecule has 1 aromatic carbocycles. The number of aliphatic hydroxyl groups excluding tert-OH is 1. The second-order valence-electron chi connectivity index (χ2n) is 6.74. The van der Waals surface area contributed by atoms with Crippen molar-refractivity contribution < 1.29 is 9.90 Å². The SMILES string of the molecule is CCC(CO)c1c(-c2ccc(C)cc2)nn(-c2cnn(C)c2)c(=O)c1C(N)=O. The van der Waals surface area contributed by atoms with Crippen LogP contribution in [0.2, 0.25) is 0 Å². The number of hydrogen-bond acceptors (Lipinski definition) is 5. The minimum absolute atomic E-state index is 0.157. The number of aromatic nitrogens is 4. The molecular formula is C20H23N5O3. The summed E-state index contributed by atoms with van der Waals surface area (Å²) in [5, 5.41) is 18.5. The third kappa shape index (κ3) is 3.46. The molecule has 1 atom stereocenters. The Bertz CT molecular complexity index is 1060. The summed E-state index contributed by atoms with van der Waals surface area (Å²) in [6.07, 6.45) is 3.63. The van der Waals surface area contributed by atoms with Gasteiger partial charge >= 0.3 is 0 Å². The molecule has 0 spiro atoms. The predicted octanol–water partition coefficient (Wildman–Crippen LogP) is 1.53. The summed E-state index contributed by atoms with van der Waals surface area (Å²) in [6.45, 7) is 3.61. The average Bonchev–Trinajstić information content (AvgIpc) is 3.09. The number of hydrogen-bond donors (Lipinski definition) is 2. The van der Waals surface area contributed by atoms with E-state index in [1.807, 2.05) is 38.1 Å². The zero-order valence-electron chi connectivity index (χ0n) is 16.1. The van der Waals surface area contributed by atoms with Crippen LogP contribution in [0.5, 0.6) is 0 Å². The van der Waals surface area contributed by atoms with Crippen molar-refractivity contribution in [2.75, 3.05) is 6.61 Å². The molecule has 0 aliphatic carbocycles. The maximum atomic E-state index is 13.1. The molecule has 0 aliphatic rings. The van der Waals surface area contributed by atoms with Crippen LogP contribution in [0, 0.1) is 6.92 Å².